The van der Waals surface area contributed by atoms with Gasteiger partial charge in [0.1, 0.15) is 0 Å². The molecule has 2 aromatic carbocycles. The van der Waals surface area contributed by atoms with Gasteiger partial charge < -0.3 is 19.4 Å². The Morgan fingerprint density at radius 2 is 1.69 bits per heavy atom. The van der Waals surface area contributed by atoms with E-state index < -0.39 is 0 Å². The summed E-state index contributed by atoms with van der Waals surface area (Å²) in [6.45, 7) is 0.473. The molecule has 1 amide bonds. The van der Waals surface area contributed by atoms with E-state index in [1.54, 1.807) is 14.2 Å². The maximum atomic E-state index is 12.3. The van der Waals surface area contributed by atoms with Crippen LogP contribution in [0.2, 0.25) is 0 Å². The van der Waals surface area contributed by atoms with Crippen molar-refractivity contribution in [3.8, 4) is 17.2 Å². The number of amides is 1. The van der Waals surface area contributed by atoms with Gasteiger partial charge in [0.2, 0.25) is 5.91 Å². The molecule has 0 aliphatic carbocycles. The number of carbonyl (C=O) groups excluding carboxylic acids is 1. The van der Waals surface area contributed by atoms with E-state index in [4.69, 9.17) is 9.47 Å². The van der Waals surface area contributed by atoms with Crippen LogP contribution in [0.5, 0.6) is 11.5 Å². The van der Waals surface area contributed by atoms with Gasteiger partial charge in [0.15, 0.2) is 11.5 Å². The number of nitrogens with one attached hydrogen (secondary N) is 1. The normalized spacial score (nSPS) is 10.4. The minimum Gasteiger partial charge on any atom is -0.493 e. The highest BCUT2D eigenvalue weighted by atomic mass is 16.5. The summed E-state index contributed by atoms with van der Waals surface area (Å²) in [5, 5.41) is 2.99. The molecule has 5 heteroatoms. The van der Waals surface area contributed by atoms with Gasteiger partial charge in [-0.2, -0.15) is 0 Å². The first-order chi connectivity index (χ1) is 12.7. The molecule has 1 heterocycles. The maximum Gasteiger partial charge on any atom is 0.224 e. The Morgan fingerprint density at radius 1 is 0.962 bits per heavy atom. The molecule has 134 valence electrons. The SMILES string of the molecule is COc1ccc(CC(=O)NCc2ccccc2-n2cccc2)cc1OC. The molecule has 0 unspecified atom stereocenters. The molecule has 0 aliphatic rings. The van der Waals surface area contributed by atoms with Crippen LogP contribution in [0.4, 0.5) is 0 Å². The minimum atomic E-state index is -0.0421. The molecule has 0 spiro atoms. The molecular weight excluding hydrogens is 328 g/mol. The third-order valence-electron chi connectivity index (χ3n) is 4.16. The van der Waals surface area contributed by atoms with E-state index in [1.165, 1.54) is 0 Å². The Bertz CT molecular complexity index is 873. The van der Waals surface area contributed by atoms with Crippen LogP contribution in [-0.4, -0.2) is 24.7 Å². The van der Waals surface area contributed by atoms with Gasteiger partial charge in [0, 0.05) is 24.6 Å². The van der Waals surface area contributed by atoms with E-state index in [-0.39, 0.29) is 12.3 Å². The molecular formula is C21H22N2O3. The highest BCUT2D eigenvalue weighted by Crippen LogP contribution is 2.27. The first-order valence-electron chi connectivity index (χ1n) is 8.40. The quantitative estimate of drug-likeness (QED) is 0.711. The maximum absolute atomic E-state index is 12.3. The molecule has 0 fully saturated rings. The van der Waals surface area contributed by atoms with Crippen molar-refractivity contribution in [2.24, 2.45) is 0 Å². The van der Waals surface area contributed by atoms with Gasteiger partial charge in [-0.3, -0.25) is 4.79 Å². The smallest absolute Gasteiger partial charge is 0.224 e. The molecule has 5 nitrogen and oxygen atoms in total. The molecule has 1 N–H and O–H groups in total. The molecule has 0 bridgehead atoms. The van der Waals surface area contributed by atoms with Gasteiger partial charge in [-0.05, 0) is 41.5 Å². The van der Waals surface area contributed by atoms with Crippen molar-refractivity contribution < 1.29 is 14.3 Å². The van der Waals surface area contributed by atoms with E-state index >= 15 is 0 Å². The summed E-state index contributed by atoms with van der Waals surface area (Å²) in [6, 6.07) is 17.5. The van der Waals surface area contributed by atoms with Crippen LogP contribution in [-0.2, 0) is 17.8 Å². The lowest BCUT2D eigenvalue weighted by Gasteiger charge is -2.12. The van der Waals surface area contributed by atoms with Gasteiger partial charge in [0.25, 0.3) is 0 Å². The van der Waals surface area contributed by atoms with Crippen molar-refractivity contribution in [2.75, 3.05) is 14.2 Å². The van der Waals surface area contributed by atoms with E-state index in [2.05, 4.69) is 5.32 Å². The van der Waals surface area contributed by atoms with Gasteiger partial charge >= 0.3 is 0 Å². The number of nitrogens with zero attached hydrogens (tertiary/aromatic N) is 1. The Hall–Kier alpha value is -3.21. The largest absolute Gasteiger partial charge is 0.493 e. The average Bonchev–Trinajstić information content (AvgIpc) is 3.21. The predicted octanol–water partition coefficient (Wildman–Crippen LogP) is 3.35. The third-order valence-corrected chi connectivity index (χ3v) is 4.16. The Kier molecular flexibility index (Phi) is 5.59. The number of hydrogen-bond donors (Lipinski definition) is 1. The summed E-state index contributed by atoms with van der Waals surface area (Å²) in [5.41, 5.74) is 2.99. The second kappa shape index (κ2) is 8.25. The summed E-state index contributed by atoms with van der Waals surface area (Å²) < 4.78 is 12.5. The second-order valence-corrected chi connectivity index (χ2v) is 5.86. The molecule has 0 saturated heterocycles. The highest BCUT2D eigenvalue weighted by molar-refractivity contribution is 5.78. The monoisotopic (exact) mass is 350 g/mol. The fourth-order valence-electron chi connectivity index (χ4n) is 2.84. The zero-order valence-electron chi connectivity index (χ0n) is 14.9. The lowest BCUT2D eigenvalue weighted by Crippen LogP contribution is -2.25. The molecule has 3 rings (SSSR count). The van der Waals surface area contributed by atoms with Crippen LogP contribution in [0.1, 0.15) is 11.1 Å². The Labute approximate surface area is 153 Å². The van der Waals surface area contributed by atoms with Crippen LogP contribution in [0.3, 0.4) is 0 Å². The van der Waals surface area contributed by atoms with Crippen molar-refractivity contribution in [1.82, 2.24) is 9.88 Å². The predicted molar refractivity (Wildman–Crippen MR) is 101 cm³/mol. The van der Waals surface area contributed by atoms with Crippen molar-refractivity contribution in [1.29, 1.82) is 0 Å². The number of aromatic nitrogens is 1. The summed E-state index contributed by atoms with van der Waals surface area (Å²) in [7, 11) is 3.17. The zero-order valence-corrected chi connectivity index (χ0v) is 14.9. The van der Waals surface area contributed by atoms with Crippen molar-refractivity contribution in [3.05, 3.63) is 78.1 Å². The molecule has 0 radical (unpaired) electrons. The number of benzene rings is 2. The number of carbonyl (C=O) groups is 1. The third kappa shape index (κ3) is 4.06. The number of ether oxygens (including phenoxy) is 2. The average molecular weight is 350 g/mol. The molecule has 3 aromatic rings. The Morgan fingerprint density at radius 3 is 2.42 bits per heavy atom. The Balaban J connectivity index is 1.65. The van der Waals surface area contributed by atoms with E-state index in [9.17, 15) is 4.79 Å². The molecule has 0 aliphatic heterocycles. The van der Waals surface area contributed by atoms with Crippen molar-refractivity contribution in [2.45, 2.75) is 13.0 Å². The number of methoxy groups -OCH3 is 2. The minimum absolute atomic E-state index is 0.0421. The standard InChI is InChI=1S/C21H22N2O3/c1-25-19-10-9-16(13-20(19)26-2)14-21(24)22-15-17-7-3-4-8-18(17)23-11-5-6-12-23/h3-13H,14-15H2,1-2H3,(H,22,24). The number of rotatable bonds is 7. The fraction of sp³-hybridized carbons (Fsp3) is 0.190. The van der Waals surface area contributed by atoms with Gasteiger partial charge in [-0.1, -0.05) is 24.3 Å². The van der Waals surface area contributed by atoms with Crippen molar-refractivity contribution in [3.63, 3.8) is 0 Å². The molecule has 0 saturated carbocycles. The number of para-hydroxylation sites is 1. The van der Waals surface area contributed by atoms with Crippen LogP contribution in [0, 0.1) is 0 Å². The van der Waals surface area contributed by atoms with Crippen LogP contribution in [0.25, 0.3) is 5.69 Å². The summed E-state index contributed by atoms with van der Waals surface area (Å²) in [5.74, 6) is 1.23. The van der Waals surface area contributed by atoms with Crippen LogP contribution < -0.4 is 14.8 Å². The topological polar surface area (TPSA) is 52.5 Å². The van der Waals surface area contributed by atoms with E-state index in [0.29, 0.717) is 18.0 Å². The molecule has 26 heavy (non-hydrogen) atoms. The summed E-state index contributed by atoms with van der Waals surface area (Å²) in [6.07, 6.45) is 4.26. The van der Waals surface area contributed by atoms with Gasteiger partial charge in [0.05, 0.1) is 20.6 Å². The summed E-state index contributed by atoms with van der Waals surface area (Å²) in [4.78, 5) is 12.3. The van der Waals surface area contributed by atoms with Crippen LogP contribution in [0.15, 0.2) is 67.0 Å². The molecule has 1 aromatic heterocycles. The highest BCUT2D eigenvalue weighted by Gasteiger charge is 2.09. The van der Waals surface area contributed by atoms with E-state index in [0.717, 1.165) is 16.8 Å². The van der Waals surface area contributed by atoms with E-state index in [1.807, 2.05) is 71.6 Å². The second-order valence-electron chi connectivity index (χ2n) is 5.86. The lowest BCUT2D eigenvalue weighted by atomic mass is 10.1. The van der Waals surface area contributed by atoms with Gasteiger partial charge in [-0.15, -0.1) is 0 Å². The van der Waals surface area contributed by atoms with Gasteiger partial charge in [-0.25, -0.2) is 0 Å². The van der Waals surface area contributed by atoms with Crippen molar-refractivity contribution >= 4 is 5.91 Å². The van der Waals surface area contributed by atoms with Crippen LogP contribution >= 0.6 is 0 Å². The fourth-order valence-corrected chi connectivity index (χ4v) is 2.84. The number of hydrogen-bond acceptors (Lipinski definition) is 3. The first-order valence-corrected chi connectivity index (χ1v) is 8.40. The lowest BCUT2D eigenvalue weighted by molar-refractivity contribution is -0.120. The zero-order chi connectivity index (χ0) is 18.4. The summed E-state index contributed by atoms with van der Waals surface area (Å²) >= 11 is 0. The first kappa shape index (κ1) is 17.6. The molecule has 0 atom stereocenters.